The van der Waals surface area contributed by atoms with Crippen molar-refractivity contribution in [3.8, 4) is 0 Å². The van der Waals surface area contributed by atoms with Gasteiger partial charge in [-0.3, -0.25) is 4.98 Å². The third-order valence-electron chi connectivity index (χ3n) is 2.90. The molecule has 1 aromatic heterocycles. The number of hydrogen-bond donors (Lipinski definition) is 1. The molecule has 0 aliphatic carbocycles. The van der Waals surface area contributed by atoms with Crippen LogP contribution in [0.1, 0.15) is 25.1 Å². The van der Waals surface area contributed by atoms with Crippen molar-refractivity contribution >= 4 is 11.8 Å². The van der Waals surface area contributed by atoms with Gasteiger partial charge in [0.05, 0.1) is 31.1 Å². The Morgan fingerprint density at radius 2 is 2.11 bits per heavy atom. The number of ether oxygens (including phenoxy) is 2. The van der Waals surface area contributed by atoms with Crippen LogP contribution in [0.25, 0.3) is 0 Å². The van der Waals surface area contributed by atoms with E-state index in [0.29, 0.717) is 6.61 Å². The molecule has 0 spiro atoms. The van der Waals surface area contributed by atoms with E-state index in [9.17, 15) is 5.11 Å². The number of nitrogens with zero attached hydrogens (tertiary/aromatic N) is 1. The van der Waals surface area contributed by atoms with Crippen LogP contribution in [-0.2, 0) is 16.1 Å². The van der Waals surface area contributed by atoms with Crippen LogP contribution in [0, 0.1) is 6.92 Å². The molecule has 0 bridgehead atoms. The summed E-state index contributed by atoms with van der Waals surface area (Å²) in [6.07, 6.45) is 2.02. The van der Waals surface area contributed by atoms with E-state index in [2.05, 4.69) is 11.9 Å². The van der Waals surface area contributed by atoms with Gasteiger partial charge in [-0.1, -0.05) is 0 Å². The van der Waals surface area contributed by atoms with Crippen molar-refractivity contribution < 1.29 is 14.6 Å². The number of thioether (sulfide) groups is 1. The molecule has 1 aromatic rings. The average molecular weight is 285 g/mol. The van der Waals surface area contributed by atoms with Gasteiger partial charge < -0.3 is 14.6 Å². The maximum absolute atomic E-state index is 9.18. The minimum Gasteiger partial charge on any atom is -0.390 e. The van der Waals surface area contributed by atoms with Gasteiger partial charge in [0.15, 0.2) is 0 Å². The van der Waals surface area contributed by atoms with Crippen molar-refractivity contribution in [2.24, 2.45) is 0 Å². The number of pyridine rings is 1. The summed E-state index contributed by atoms with van der Waals surface area (Å²) in [4.78, 5) is 5.29. The smallest absolute Gasteiger partial charge is 0.0856 e. The number of aromatic nitrogens is 1. The predicted octanol–water partition coefficient (Wildman–Crippen LogP) is 2.41. The molecule has 0 saturated heterocycles. The molecular formula is C14H23NO3S. The normalized spacial score (nSPS) is 14.4. The minimum atomic E-state index is -0.0162. The Morgan fingerprint density at radius 1 is 1.37 bits per heavy atom. The fourth-order valence-electron chi connectivity index (χ4n) is 1.50. The largest absolute Gasteiger partial charge is 0.390 e. The predicted molar refractivity (Wildman–Crippen MR) is 77.5 cm³/mol. The Labute approximate surface area is 119 Å². The van der Waals surface area contributed by atoms with Crippen molar-refractivity contribution in [1.82, 2.24) is 4.98 Å². The Hall–Kier alpha value is -0.620. The van der Waals surface area contributed by atoms with Gasteiger partial charge in [-0.05, 0) is 32.4 Å². The lowest BCUT2D eigenvalue weighted by atomic mass is 10.2. The van der Waals surface area contributed by atoms with Gasteiger partial charge in [-0.25, -0.2) is 0 Å². The molecule has 108 valence electrons. The van der Waals surface area contributed by atoms with Gasteiger partial charge in [0.1, 0.15) is 0 Å². The average Bonchev–Trinajstić information content (AvgIpc) is 2.43. The van der Waals surface area contributed by atoms with E-state index in [0.717, 1.165) is 21.9 Å². The monoisotopic (exact) mass is 285 g/mol. The fraction of sp³-hybridized carbons (Fsp3) is 0.643. The molecule has 0 aromatic carbocycles. The van der Waals surface area contributed by atoms with Crippen LogP contribution in [0.4, 0.5) is 0 Å². The Kier molecular flexibility index (Phi) is 7.38. The van der Waals surface area contributed by atoms with Crippen LogP contribution in [0.5, 0.6) is 0 Å². The third kappa shape index (κ3) is 5.48. The summed E-state index contributed by atoms with van der Waals surface area (Å²) in [5.74, 6) is 0.867. The molecular weight excluding hydrogens is 262 g/mol. The van der Waals surface area contributed by atoms with Crippen LogP contribution in [0.3, 0.4) is 0 Å². The minimum absolute atomic E-state index is 0.0162. The van der Waals surface area contributed by atoms with Gasteiger partial charge in [0.25, 0.3) is 0 Å². The lowest BCUT2D eigenvalue weighted by Gasteiger charge is -2.16. The number of hydrogen-bond acceptors (Lipinski definition) is 5. The van der Waals surface area contributed by atoms with Crippen LogP contribution < -0.4 is 0 Å². The van der Waals surface area contributed by atoms with Crippen molar-refractivity contribution in [3.05, 3.63) is 23.5 Å². The van der Waals surface area contributed by atoms with E-state index in [-0.39, 0.29) is 18.8 Å². The molecule has 1 heterocycles. The van der Waals surface area contributed by atoms with Crippen LogP contribution in [0.2, 0.25) is 0 Å². The van der Waals surface area contributed by atoms with Crippen molar-refractivity contribution in [2.75, 3.05) is 19.5 Å². The second-order valence-electron chi connectivity index (χ2n) is 4.54. The summed E-state index contributed by atoms with van der Waals surface area (Å²) in [5.41, 5.74) is 1.79. The van der Waals surface area contributed by atoms with Gasteiger partial charge in [-0.15, -0.1) is 11.8 Å². The standard InChI is InChI=1S/C14H23NO3S/c1-10(17-4)8-18-11(2)9-19-14-5-6-15-13(7-16)12(14)3/h5-6,10-11,16H,7-9H2,1-4H3. The molecule has 5 heteroatoms. The Balaban J connectivity index is 2.44. The molecule has 1 rings (SSSR count). The number of rotatable bonds is 8. The molecule has 19 heavy (non-hydrogen) atoms. The van der Waals surface area contributed by atoms with E-state index >= 15 is 0 Å². The lowest BCUT2D eigenvalue weighted by Crippen LogP contribution is -2.20. The highest BCUT2D eigenvalue weighted by atomic mass is 32.2. The summed E-state index contributed by atoms with van der Waals surface area (Å²) in [6.45, 7) is 6.62. The molecule has 2 unspecified atom stereocenters. The molecule has 1 N–H and O–H groups in total. The number of methoxy groups -OCH3 is 1. The maximum Gasteiger partial charge on any atom is 0.0856 e. The van der Waals surface area contributed by atoms with Crippen LogP contribution in [0.15, 0.2) is 17.2 Å². The summed E-state index contributed by atoms with van der Waals surface area (Å²) in [7, 11) is 1.68. The molecule has 0 aliphatic heterocycles. The zero-order valence-electron chi connectivity index (χ0n) is 12.0. The van der Waals surface area contributed by atoms with Gasteiger partial charge in [0.2, 0.25) is 0 Å². The van der Waals surface area contributed by atoms with E-state index in [1.807, 2.05) is 19.9 Å². The SMILES string of the molecule is COC(C)COC(C)CSc1ccnc(CO)c1C. The second-order valence-corrected chi connectivity index (χ2v) is 5.60. The fourth-order valence-corrected chi connectivity index (χ4v) is 2.50. The highest BCUT2D eigenvalue weighted by Crippen LogP contribution is 2.24. The summed E-state index contributed by atoms with van der Waals surface area (Å²) in [6, 6.07) is 1.98. The van der Waals surface area contributed by atoms with Gasteiger partial charge in [-0.2, -0.15) is 0 Å². The first-order valence-corrected chi connectivity index (χ1v) is 7.39. The molecule has 0 radical (unpaired) electrons. The quantitative estimate of drug-likeness (QED) is 0.743. The lowest BCUT2D eigenvalue weighted by molar-refractivity contribution is -0.00531. The van der Waals surface area contributed by atoms with E-state index < -0.39 is 0 Å². The van der Waals surface area contributed by atoms with Crippen LogP contribution >= 0.6 is 11.8 Å². The summed E-state index contributed by atoms with van der Waals surface area (Å²) in [5, 5.41) is 9.18. The Morgan fingerprint density at radius 3 is 2.74 bits per heavy atom. The van der Waals surface area contributed by atoms with Crippen molar-refractivity contribution in [2.45, 2.75) is 44.5 Å². The summed E-state index contributed by atoms with van der Waals surface area (Å²) >= 11 is 1.73. The van der Waals surface area contributed by atoms with Crippen molar-refractivity contribution in [3.63, 3.8) is 0 Å². The topological polar surface area (TPSA) is 51.6 Å². The van der Waals surface area contributed by atoms with Gasteiger partial charge in [0, 0.05) is 24.0 Å². The number of aliphatic hydroxyl groups is 1. The van der Waals surface area contributed by atoms with Gasteiger partial charge >= 0.3 is 0 Å². The first-order valence-electron chi connectivity index (χ1n) is 6.41. The molecule has 0 fully saturated rings. The second kappa shape index (κ2) is 8.53. The molecule has 0 saturated carbocycles. The zero-order chi connectivity index (χ0) is 14.3. The molecule has 4 nitrogen and oxygen atoms in total. The first kappa shape index (κ1) is 16.4. The first-order chi connectivity index (χ1) is 9.08. The van der Waals surface area contributed by atoms with Crippen molar-refractivity contribution in [1.29, 1.82) is 0 Å². The van der Waals surface area contributed by atoms with E-state index in [1.54, 1.807) is 25.1 Å². The molecule has 0 amide bonds. The zero-order valence-corrected chi connectivity index (χ0v) is 12.9. The van der Waals surface area contributed by atoms with Crippen LogP contribution in [-0.4, -0.2) is 41.8 Å². The Bertz CT molecular complexity index is 387. The number of aliphatic hydroxyl groups excluding tert-OH is 1. The summed E-state index contributed by atoms with van der Waals surface area (Å²) < 4.78 is 10.8. The highest BCUT2D eigenvalue weighted by Gasteiger charge is 2.09. The highest BCUT2D eigenvalue weighted by molar-refractivity contribution is 7.99. The van der Waals surface area contributed by atoms with E-state index in [4.69, 9.17) is 9.47 Å². The molecule has 2 atom stereocenters. The third-order valence-corrected chi connectivity index (χ3v) is 4.29. The molecule has 0 aliphatic rings. The maximum atomic E-state index is 9.18. The van der Waals surface area contributed by atoms with E-state index in [1.165, 1.54) is 0 Å².